The average molecular weight is 296 g/mol. The van der Waals surface area contributed by atoms with Gasteiger partial charge in [0.25, 0.3) is 5.91 Å². The molecule has 3 heteroatoms. The van der Waals surface area contributed by atoms with Gasteiger partial charge < -0.3 is 5.32 Å². The molecule has 17 heavy (non-hydrogen) atoms. The van der Waals surface area contributed by atoms with Crippen LogP contribution in [0.2, 0.25) is 0 Å². The van der Waals surface area contributed by atoms with Crippen LogP contribution in [0.4, 0.5) is 0 Å². The van der Waals surface area contributed by atoms with E-state index in [-0.39, 0.29) is 5.91 Å². The first-order chi connectivity index (χ1) is 8.03. The fraction of sp³-hybridized carbons (Fsp3) is 0.500. The Labute approximate surface area is 111 Å². The Morgan fingerprint density at radius 2 is 2.18 bits per heavy atom. The van der Waals surface area contributed by atoms with Crippen molar-refractivity contribution >= 4 is 21.8 Å². The van der Waals surface area contributed by atoms with Crippen LogP contribution in [-0.2, 0) is 0 Å². The van der Waals surface area contributed by atoms with Crippen LogP contribution < -0.4 is 5.32 Å². The summed E-state index contributed by atoms with van der Waals surface area (Å²) in [4.78, 5) is 12.0. The van der Waals surface area contributed by atoms with Gasteiger partial charge in [0, 0.05) is 16.6 Å². The third kappa shape index (κ3) is 2.89. The molecular weight excluding hydrogens is 278 g/mol. The van der Waals surface area contributed by atoms with Crippen LogP contribution in [0.5, 0.6) is 0 Å². The first-order valence-electron chi connectivity index (χ1n) is 6.07. The van der Waals surface area contributed by atoms with E-state index >= 15 is 0 Å². The van der Waals surface area contributed by atoms with Crippen molar-refractivity contribution in [2.45, 2.75) is 26.7 Å². The Kier molecular flexibility index (Phi) is 3.57. The van der Waals surface area contributed by atoms with Crippen LogP contribution in [0.15, 0.2) is 28.7 Å². The summed E-state index contributed by atoms with van der Waals surface area (Å²) in [5, 5.41) is 3.05. The molecule has 0 unspecified atom stereocenters. The van der Waals surface area contributed by atoms with Crippen molar-refractivity contribution < 1.29 is 4.79 Å². The Bertz CT molecular complexity index is 424. The van der Waals surface area contributed by atoms with E-state index in [1.165, 1.54) is 12.8 Å². The molecule has 1 fully saturated rings. The highest BCUT2D eigenvalue weighted by Crippen LogP contribution is 2.51. The number of halogens is 1. The summed E-state index contributed by atoms with van der Waals surface area (Å²) in [5.41, 5.74) is 1.08. The van der Waals surface area contributed by atoms with E-state index in [4.69, 9.17) is 0 Å². The van der Waals surface area contributed by atoms with Crippen molar-refractivity contribution in [3.63, 3.8) is 0 Å². The second kappa shape index (κ2) is 4.81. The van der Waals surface area contributed by atoms with Crippen molar-refractivity contribution in [3.8, 4) is 0 Å². The zero-order chi connectivity index (χ0) is 12.5. The third-order valence-corrected chi connectivity index (χ3v) is 4.30. The molecule has 0 spiro atoms. The van der Waals surface area contributed by atoms with Gasteiger partial charge in [-0.1, -0.05) is 35.8 Å². The van der Waals surface area contributed by atoms with E-state index < -0.39 is 0 Å². The molecule has 1 saturated carbocycles. The molecule has 2 nitrogen and oxygen atoms in total. The summed E-state index contributed by atoms with van der Waals surface area (Å²) < 4.78 is 0.940. The zero-order valence-electron chi connectivity index (χ0n) is 10.3. The SMILES string of the molecule is CC(C)C1(CNC(=O)c2cccc(Br)c2)CC1. The molecule has 1 aromatic carbocycles. The van der Waals surface area contributed by atoms with Gasteiger partial charge in [0.05, 0.1) is 0 Å². The van der Waals surface area contributed by atoms with E-state index in [0.29, 0.717) is 11.3 Å². The third-order valence-electron chi connectivity index (χ3n) is 3.80. The van der Waals surface area contributed by atoms with Crippen LogP contribution in [0.3, 0.4) is 0 Å². The molecular formula is C14H18BrNO. The Hall–Kier alpha value is -0.830. The number of carbonyl (C=O) groups excluding carboxylic acids is 1. The monoisotopic (exact) mass is 295 g/mol. The predicted octanol–water partition coefficient (Wildman–Crippen LogP) is 3.62. The Balaban J connectivity index is 1.94. The quantitative estimate of drug-likeness (QED) is 0.903. The Morgan fingerprint density at radius 3 is 2.71 bits per heavy atom. The molecule has 1 aromatic rings. The maximum absolute atomic E-state index is 12.0. The van der Waals surface area contributed by atoms with Crippen molar-refractivity contribution in [1.29, 1.82) is 0 Å². The molecule has 92 valence electrons. The summed E-state index contributed by atoms with van der Waals surface area (Å²) in [6.45, 7) is 5.27. The summed E-state index contributed by atoms with van der Waals surface area (Å²) in [5.74, 6) is 0.670. The molecule has 1 N–H and O–H groups in total. The highest BCUT2D eigenvalue weighted by Gasteiger charge is 2.45. The molecule has 0 aliphatic heterocycles. The average Bonchev–Trinajstić information content (AvgIpc) is 3.07. The topological polar surface area (TPSA) is 29.1 Å². The summed E-state index contributed by atoms with van der Waals surface area (Å²) in [6, 6.07) is 7.50. The lowest BCUT2D eigenvalue weighted by Gasteiger charge is -2.20. The molecule has 0 saturated heterocycles. The number of amides is 1. The zero-order valence-corrected chi connectivity index (χ0v) is 11.9. The van der Waals surface area contributed by atoms with E-state index in [1.54, 1.807) is 0 Å². The molecule has 0 bridgehead atoms. The first-order valence-corrected chi connectivity index (χ1v) is 6.87. The molecule has 2 rings (SSSR count). The summed E-state index contributed by atoms with van der Waals surface area (Å²) in [7, 11) is 0. The van der Waals surface area contributed by atoms with Gasteiger partial charge in [-0.2, -0.15) is 0 Å². The summed E-state index contributed by atoms with van der Waals surface area (Å²) in [6.07, 6.45) is 2.48. The molecule has 0 radical (unpaired) electrons. The van der Waals surface area contributed by atoms with Crippen LogP contribution in [-0.4, -0.2) is 12.5 Å². The minimum Gasteiger partial charge on any atom is -0.351 e. The predicted molar refractivity (Wildman–Crippen MR) is 73.0 cm³/mol. The number of benzene rings is 1. The lowest BCUT2D eigenvalue weighted by atomic mass is 9.92. The van der Waals surface area contributed by atoms with Crippen molar-refractivity contribution in [3.05, 3.63) is 34.3 Å². The van der Waals surface area contributed by atoms with Crippen LogP contribution >= 0.6 is 15.9 Å². The van der Waals surface area contributed by atoms with Gasteiger partial charge >= 0.3 is 0 Å². The van der Waals surface area contributed by atoms with Gasteiger partial charge in [-0.25, -0.2) is 0 Å². The highest BCUT2D eigenvalue weighted by molar-refractivity contribution is 9.10. The minimum atomic E-state index is 0.0261. The van der Waals surface area contributed by atoms with E-state index in [1.807, 2.05) is 24.3 Å². The number of nitrogens with one attached hydrogen (secondary N) is 1. The van der Waals surface area contributed by atoms with Gasteiger partial charge in [-0.15, -0.1) is 0 Å². The van der Waals surface area contributed by atoms with Gasteiger partial charge in [0.15, 0.2) is 0 Å². The minimum absolute atomic E-state index is 0.0261. The first kappa shape index (κ1) is 12.6. The normalized spacial score (nSPS) is 16.9. The van der Waals surface area contributed by atoms with Crippen molar-refractivity contribution in [2.24, 2.45) is 11.3 Å². The molecule has 0 atom stereocenters. The summed E-state index contributed by atoms with van der Waals surface area (Å²) >= 11 is 3.38. The number of carbonyl (C=O) groups is 1. The van der Waals surface area contributed by atoms with Gasteiger partial charge in [-0.3, -0.25) is 4.79 Å². The van der Waals surface area contributed by atoms with Gasteiger partial charge in [-0.05, 0) is 42.4 Å². The van der Waals surface area contributed by atoms with Crippen molar-refractivity contribution in [2.75, 3.05) is 6.54 Å². The standard InChI is InChI=1S/C14H18BrNO/c1-10(2)14(6-7-14)9-16-13(17)11-4-3-5-12(15)8-11/h3-5,8,10H,6-7,9H2,1-2H3,(H,16,17). The lowest BCUT2D eigenvalue weighted by molar-refractivity contribution is 0.0939. The molecule has 0 aromatic heterocycles. The smallest absolute Gasteiger partial charge is 0.251 e. The lowest BCUT2D eigenvalue weighted by Crippen LogP contribution is -2.32. The second-order valence-corrected chi connectivity index (χ2v) is 6.13. The number of hydrogen-bond acceptors (Lipinski definition) is 1. The van der Waals surface area contributed by atoms with Crippen molar-refractivity contribution in [1.82, 2.24) is 5.32 Å². The van der Waals surface area contributed by atoms with Crippen LogP contribution in [0, 0.1) is 11.3 Å². The van der Waals surface area contributed by atoms with Crippen LogP contribution in [0.1, 0.15) is 37.0 Å². The van der Waals surface area contributed by atoms with E-state index in [2.05, 4.69) is 35.1 Å². The molecule has 1 amide bonds. The molecule has 0 heterocycles. The number of hydrogen-bond donors (Lipinski definition) is 1. The molecule has 1 aliphatic rings. The Morgan fingerprint density at radius 1 is 1.47 bits per heavy atom. The van der Waals surface area contributed by atoms with E-state index in [9.17, 15) is 4.79 Å². The second-order valence-electron chi connectivity index (χ2n) is 5.21. The van der Waals surface area contributed by atoms with E-state index in [0.717, 1.165) is 16.6 Å². The maximum atomic E-state index is 12.0. The number of rotatable bonds is 4. The van der Waals surface area contributed by atoms with Gasteiger partial charge in [0.1, 0.15) is 0 Å². The molecule has 1 aliphatic carbocycles. The van der Waals surface area contributed by atoms with Gasteiger partial charge in [0.2, 0.25) is 0 Å². The maximum Gasteiger partial charge on any atom is 0.251 e. The largest absolute Gasteiger partial charge is 0.351 e. The van der Waals surface area contributed by atoms with Crippen LogP contribution in [0.25, 0.3) is 0 Å². The fourth-order valence-corrected chi connectivity index (χ4v) is 2.51. The fourth-order valence-electron chi connectivity index (χ4n) is 2.11. The highest BCUT2D eigenvalue weighted by atomic mass is 79.9.